The van der Waals surface area contributed by atoms with Crippen molar-refractivity contribution in [1.29, 1.82) is 0 Å². The monoisotopic (exact) mass is 452 g/mol. The van der Waals surface area contributed by atoms with Crippen LogP contribution < -0.4 is 19.5 Å². The molecule has 1 aliphatic carbocycles. The Morgan fingerprint density at radius 2 is 1.81 bits per heavy atom. The van der Waals surface area contributed by atoms with Gasteiger partial charge >= 0.3 is 0 Å². The van der Waals surface area contributed by atoms with Gasteiger partial charge in [0, 0.05) is 12.1 Å². The Hall–Kier alpha value is -3.17. The number of aromatic nitrogens is 3. The molecule has 0 spiro atoms. The fraction of sp³-hybridized carbons (Fsp3) is 0.348. The standard InChI is InChI=1S/C23H24N4O4S/c1-29-19-10-14-17(11-20(19)30-2)24-12-25-22(14)31-13-7-8-16-21(9-13)32-23(27-16)26-15-5-3-4-6-18(15)28/h7-12,15,18,28H,3-6H2,1-2H3,(H,26,27)/t15-,18-/m1/s1. The topological polar surface area (TPSA) is 98.6 Å². The molecule has 2 N–H and O–H groups in total. The molecule has 2 atom stereocenters. The summed E-state index contributed by atoms with van der Waals surface area (Å²) in [7, 11) is 3.17. The van der Waals surface area contributed by atoms with Gasteiger partial charge in [-0.3, -0.25) is 0 Å². The van der Waals surface area contributed by atoms with Gasteiger partial charge in [0.1, 0.15) is 12.1 Å². The second kappa shape index (κ2) is 8.76. The minimum Gasteiger partial charge on any atom is -0.493 e. The minimum atomic E-state index is -0.323. The maximum absolute atomic E-state index is 10.2. The normalized spacial score (nSPS) is 18.6. The van der Waals surface area contributed by atoms with Crippen LogP contribution in [0.5, 0.6) is 23.1 Å². The number of thiazole rings is 1. The lowest BCUT2D eigenvalue weighted by Gasteiger charge is -2.27. The molecule has 0 saturated heterocycles. The van der Waals surface area contributed by atoms with Crippen molar-refractivity contribution in [2.75, 3.05) is 19.5 Å². The Bertz CT molecular complexity index is 1260. The number of nitrogens with one attached hydrogen (secondary N) is 1. The van der Waals surface area contributed by atoms with Crippen molar-refractivity contribution in [3.8, 4) is 23.1 Å². The molecule has 1 aliphatic rings. The van der Waals surface area contributed by atoms with Crippen LogP contribution in [-0.4, -0.2) is 46.4 Å². The third-order valence-electron chi connectivity index (χ3n) is 5.72. The van der Waals surface area contributed by atoms with Crippen LogP contribution in [0.1, 0.15) is 25.7 Å². The number of fused-ring (bicyclic) bond motifs is 2. The van der Waals surface area contributed by atoms with E-state index in [0.717, 1.165) is 46.4 Å². The maximum Gasteiger partial charge on any atom is 0.230 e. The van der Waals surface area contributed by atoms with E-state index < -0.39 is 0 Å². The Labute approximate surface area is 189 Å². The molecule has 1 fully saturated rings. The molecule has 9 heteroatoms. The number of aliphatic hydroxyl groups excluding tert-OH is 1. The number of nitrogens with zero attached hydrogens (tertiary/aromatic N) is 3. The Morgan fingerprint density at radius 1 is 1.00 bits per heavy atom. The van der Waals surface area contributed by atoms with Crippen molar-refractivity contribution in [2.45, 2.75) is 37.8 Å². The first kappa shape index (κ1) is 20.7. The van der Waals surface area contributed by atoms with Gasteiger partial charge in [-0.15, -0.1) is 0 Å². The first-order chi connectivity index (χ1) is 15.6. The summed E-state index contributed by atoms with van der Waals surface area (Å²) in [6.45, 7) is 0. The number of anilines is 1. The van der Waals surface area contributed by atoms with Crippen LogP contribution in [0.15, 0.2) is 36.7 Å². The molecule has 166 valence electrons. The largest absolute Gasteiger partial charge is 0.493 e. The van der Waals surface area contributed by atoms with E-state index >= 15 is 0 Å². The van der Waals surface area contributed by atoms with Crippen molar-refractivity contribution < 1.29 is 19.3 Å². The van der Waals surface area contributed by atoms with Crippen molar-refractivity contribution >= 4 is 37.6 Å². The van der Waals surface area contributed by atoms with E-state index in [0.29, 0.717) is 28.6 Å². The first-order valence-corrected chi connectivity index (χ1v) is 11.4. The minimum absolute atomic E-state index is 0.0550. The summed E-state index contributed by atoms with van der Waals surface area (Å²) in [5, 5.41) is 15.2. The summed E-state index contributed by atoms with van der Waals surface area (Å²) in [6, 6.07) is 9.41. The number of rotatable bonds is 6. The van der Waals surface area contributed by atoms with E-state index in [9.17, 15) is 5.11 Å². The molecular formula is C23H24N4O4S. The van der Waals surface area contributed by atoms with Gasteiger partial charge < -0.3 is 24.6 Å². The van der Waals surface area contributed by atoms with E-state index in [4.69, 9.17) is 14.2 Å². The van der Waals surface area contributed by atoms with Crippen molar-refractivity contribution in [2.24, 2.45) is 0 Å². The molecule has 0 bridgehead atoms. The molecule has 4 aromatic rings. The quantitative estimate of drug-likeness (QED) is 0.432. The second-order valence-corrected chi connectivity index (χ2v) is 8.79. The molecule has 0 unspecified atom stereocenters. The molecule has 2 aromatic carbocycles. The molecule has 8 nitrogen and oxygen atoms in total. The van der Waals surface area contributed by atoms with Crippen LogP contribution >= 0.6 is 11.3 Å². The van der Waals surface area contributed by atoms with Gasteiger partial charge in [0.25, 0.3) is 0 Å². The van der Waals surface area contributed by atoms with Gasteiger partial charge in [-0.1, -0.05) is 24.2 Å². The third-order valence-corrected chi connectivity index (χ3v) is 6.67. The SMILES string of the molecule is COc1cc2ncnc(Oc3ccc4nc(N[C@@H]5CCCC[C@H]5O)sc4c3)c2cc1OC. The summed E-state index contributed by atoms with van der Waals surface area (Å²) in [5.41, 5.74) is 1.58. The van der Waals surface area contributed by atoms with Gasteiger partial charge in [0.2, 0.25) is 5.88 Å². The smallest absolute Gasteiger partial charge is 0.230 e. The fourth-order valence-electron chi connectivity index (χ4n) is 4.02. The molecule has 2 heterocycles. The van der Waals surface area contributed by atoms with Crippen molar-refractivity contribution in [3.05, 3.63) is 36.7 Å². The average molecular weight is 453 g/mol. The summed E-state index contributed by atoms with van der Waals surface area (Å²) < 4.78 is 17.9. The molecular weight excluding hydrogens is 428 g/mol. The zero-order chi connectivity index (χ0) is 22.1. The third kappa shape index (κ3) is 4.01. The highest BCUT2D eigenvalue weighted by atomic mass is 32.1. The van der Waals surface area contributed by atoms with Crippen LogP contribution in [0.3, 0.4) is 0 Å². The lowest BCUT2D eigenvalue weighted by molar-refractivity contribution is 0.116. The number of methoxy groups -OCH3 is 2. The molecule has 5 rings (SSSR count). The highest BCUT2D eigenvalue weighted by Gasteiger charge is 2.23. The average Bonchev–Trinajstić information content (AvgIpc) is 3.21. The van der Waals surface area contributed by atoms with Crippen molar-refractivity contribution in [1.82, 2.24) is 15.0 Å². The highest BCUT2D eigenvalue weighted by molar-refractivity contribution is 7.22. The van der Waals surface area contributed by atoms with E-state index in [1.165, 1.54) is 6.33 Å². The van der Waals surface area contributed by atoms with E-state index in [-0.39, 0.29) is 12.1 Å². The van der Waals surface area contributed by atoms with E-state index in [1.807, 2.05) is 24.3 Å². The molecule has 0 aliphatic heterocycles. The van der Waals surface area contributed by atoms with E-state index in [2.05, 4.69) is 20.3 Å². The Morgan fingerprint density at radius 3 is 2.62 bits per heavy atom. The molecule has 0 radical (unpaired) electrons. The summed E-state index contributed by atoms with van der Waals surface area (Å²) in [6.07, 6.45) is 5.14. The van der Waals surface area contributed by atoms with Crippen LogP contribution in [0.2, 0.25) is 0 Å². The predicted octanol–water partition coefficient (Wildman–Crippen LogP) is 4.76. The highest BCUT2D eigenvalue weighted by Crippen LogP contribution is 2.37. The molecule has 0 amide bonds. The fourth-order valence-corrected chi connectivity index (χ4v) is 4.98. The van der Waals surface area contributed by atoms with E-state index in [1.54, 1.807) is 31.6 Å². The van der Waals surface area contributed by atoms with Crippen LogP contribution in [-0.2, 0) is 0 Å². The summed E-state index contributed by atoms with van der Waals surface area (Å²) in [5.74, 6) is 2.26. The molecule has 1 saturated carbocycles. The summed E-state index contributed by atoms with van der Waals surface area (Å²) in [4.78, 5) is 13.3. The number of benzene rings is 2. The first-order valence-electron chi connectivity index (χ1n) is 10.5. The van der Waals surface area contributed by atoms with Crippen LogP contribution in [0.25, 0.3) is 21.1 Å². The zero-order valence-electron chi connectivity index (χ0n) is 17.9. The Kier molecular flexibility index (Phi) is 5.67. The van der Waals surface area contributed by atoms with Crippen LogP contribution in [0.4, 0.5) is 5.13 Å². The number of hydrogen-bond acceptors (Lipinski definition) is 9. The molecule has 32 heavy (non-hydrogen) atoms. The summed E-state index contributed by atoms with van der Waals surface area (Å²) >= 11 is 1.55. The maximum atomic E-state index is 10.2. The lowest BCUT2D eigenvalue weighted by Crippen LogP contribution is -2.36. The number of aliphatic hydroxyl groups is 1. The Balaban J connectivity index is 1.42. The van der Waals surface area contributed by atoms with Crippen molar-refractivity contribution in [3.63, 3.8) is 0 Å². The second-order valence-electron chi connectivity index (χ2n) is 7.76. The molecule has 2 aromatic heterocycles. The van der Waals surface area contributed by atoms with Gasteiger partial charge in [0.05, 0.1) is 47.5 Å². The number of hydrogen-bond donors (Lipinski definition) is 2. The van der Waals surface area contributed by atoms with Gasteiger partial charge in [0.15, 0.2) is 16.6 Å². The van der Waals surface area contributed by atoms with Gasteiger partial charge in [-0.25, -0.2) is 15.0 Å². The van der Waals surface area contributed by atoms with Gasteiger partial charge in [-0.2, -0.15) is 0 Å². The predicted molar refractivity (Wildman–Crippen MR) is 124 cm³/mol. The van der Waals surface area contributed by atoms with Gasteiger partial charge in [-0.05, 0) is 31.0 Å². The van der Waals surface area contributed by atoms with Crippen LogP contribution in [0, 0.1) is 0 Å². The zero-order valence-corrected chi connectivity index (χ0v) is 18.7. The lowest BCUT2D eigenvalue weighted by atomic mass is 9.93. The number of ether oxygens (including phenoxy) is 3.